The van der Waals surface area contributed by atoms with E-state index in [0.717, 1.165) is 28.2 Å². The minimum atomic E-state index is -0.817. The van der Waals surface area contributed by atoms with Gasteiger partial charge in [-0.3, -0.25) is 4.90 Å². The lowest BCUT2D eigenvalue weighted by molar-refractivity contribution is 0.316. The number of aromatic nitrogens is 2. The molecule has 3 rings (SSSR count). The second-order valence-corrected chi connectivity index (χ2v) is 6.32. The van der Waals surface area contributed by atoms with Crippen molar-refractivity contribution in [3.05, 3.63) is 82.7 Å². The summed E-state index contributed by atoms with van der Waals surface area (Å²) in [7, 11) is 1.96. The van der Waals surface area contributed by atoms with E-state index in [4.69, 9.17) is 0 Å². The number of hydrogen-bond acceptors (Lipinski definition) is 2. The highest BCUT2D eigenvalue weighted by Gasteiger charge is 2.15. The van der Waals surface area contributed by atoms with Gasteiger partial charge in [0.1, 0.15) is 0 Å². The van der Waals surface area contributed by atoms with Crippen LogP contribution in [0.5, 0.6) is 0 Å². The lowest BCUT2D eigenvalue weighted by Crippen LogP contribution is -2.18. The Labute approximate surface area is 146 Å². The average molecular weight is 341 g/mol. The summed E-state index contributed by atoms with van der Waals surface area (Å²) < 4.78 is 28.4. The first-order valence-corrected chi connectivity index (χ1v) is 8.18. The molecule has 0 bridgehead atoms. The first-order chi connectivity index (χ1) is 12.0. The van der Waals surface area contributed by atoms with E-state index >= 15 is 0 Å². The molecule has 5 heteroatoms. The van der Waals surface area contributed by atoms with Crippen LogP contribution in [0.25, 0.3) is 5.69 Å². The van der Waals surface area contributed by atoms with E-state index < -0.39 is 11.6 Å². The number of aryl methyl sites for hydroxylation is 1. The van der Waals surface area contributed by atoms with Gasteiger partial charge >= 0.3 is 0 Å². The maximum Gasteiger partial charge on any atom is 0.159 e. The molecule has 1 heterocycles. The fourth-order valence-corrected chi connectivity index (χ4v) is 3.00. The van der Waals surface area contributed by atoms with Gasteiger partial charge in [-0.25, -0.2) is 13.5 Å². The van der Waals surface area contributed by atoms with E-state index in [1.807, 2.05) is 55.9 Å². The number of rotatable bonds is 5. The zero-order chi connectivity index (χ0) is 18.0. The molecule has 0 aliphatic carbocycles. The highest BCUT2D eigenvalue weighted by molar-refractivity contribution is 5.36. The van der Waals surface area contributed by atoms with Crippen LogP contribution in [-0.2, 0) is 13.1 Å². The second-order valence-electron chi connectivity index (χ2n) is 6.32. The molecule has 3 aromatic rings. The Morgan fingerprint density at radius 2 is 1.68 bits per heavy atom. The fourth-order valence-electron chi connectivity index (χ4n) is 3.00. The van der Waals surface area contributed by atoms with Crippen molar-refractivity contribution in [2.24, 2.45) is 0 Å². The van der Waals surface area contributed by atoms with E-state index in [2.05, 4.69) is 10.00 Å². The number of halogens is 2. The van der Waals surface area contributed by atoms with Gasteiger partial charge < -0.3 is 0 Å². The van der Waals surface area contributed by atoms with E-state index in [1.54, 1.807) is 6.07 Å². The molecule has 0 saturated heterocycles. The van der Waals surface area contributed by atoms with Crippen LogP contribution in [-0.4, -0.2) is 21.7 Å². The highest BCUT2D eigenvalue weighted by atomic mass is 19.2. The molecule has 2 aromatic carbocycles. The summed E-state index contributed by atoms with van der Waals surface area (Å²) >= 11 is 0. The predicted octanol–water partition coefficient (Wildman–Crippen LogP) is 4.40. The Morgan fingerprint density at radius 1 is 0.960 bits per heavy atom. The Morgan fingerprint density at radius 3 is 2.36 bits per heavy atom. The summed E-state index contributed by atoms with van der Waals surface area (Å²) in [5, 5.41) is 4.65. The summed E-state index contributed by atoms with van der Waals surface area (Å²) in [4.78, 5) is 2.07. The van der Waals surface area contributed by atoms with Gasteiger partial charge in [-0.05, 0) is 50.7 Å². The van der Waals surface area contributed by atoms with Crippen molar-refractivity contribution in [2.45, 2.75) is 26.9 Å². The van der Waals surface area contributed by atoms with Crippen molar-refractivity contribution in [2.75, 3.05) is 7.05 Å². The summed E-state index contributed by atoms with van der Waals surface area (Å²) in [5.74, 6) is -1.63. The van der Waals surface area contributed by atoms with E-state index in [1.165, 1.54) is 12.1 Å². The number of para-hydroxylation sites is 1. The summed E-state index contributed by atoms with van der Waals surface area (Å²) in [6, 6.07) is 14.0. The smallest absolute Gasteiger partial charge is 0.159 e. The van der Waals surface area contributed by atoms with Gasteiger partial charge in [0, 0.05) is 24.3 Å². The van der Waals surface area contributed by atoms with Crippen LogP contribution in [0.3, 0.4) is 0 Å². The Kier molecular flexibility index (Phi) is 4.95. The molecular weight excluding hydrogens is 320 g/mol. The van der Waals surface area contributed by atoms with Crippen molar-refractivity contribution >= 4 is 0 Å². The zero-order valence-corrected chi connectivity index (χ0v) is 14.6. The first-order valence-electron chi connectivity index (χ1n) is 8.18. The van der Waals surface area contributed by atoms with Crippen LogP contribution in [0, 0.1) is 25.5 Å². The van der Waals surface area contributed by atoms with Crippen molar-refractivity contribution in [1.29, 1.82) is 0 Å². The minimum Gasteiger partial charge on any atom is -0.298 e. The van der Waals surface area contributed by atoms with E-state index in [-0.39, 0.29) is 0 Å². The summed E-state index contributed by atoms with van der Waals surface area (Å²) in [5.41, 5.74) is 4.97. The molecule has 0 saturated carbocycles. The lowest BCUT2D eigenvalue weighted by atomic mass is 10.1. The van der Waals surface area contributed by atoms with Crippen LogP contribution < -0.4 is 0 Å². The van der Waals surface area contributed by atoms with Gasteiger partial charge in [-0.1, -0.05) is 24.3 Å². The Hall–Kier alpha value is -2.53. The van der Waals surface area contributed by atoms with Crippen LogP contribution in [0.2, 0.25) is 0 Å². The monoisotopic (exact) mass is 341 g/mol. The van der Waals surface area contributed by atoms with Crippen molar-refractivity contribution < 1.29 is 8.78 Å². The molecule has 0 atom stereocenters. The quantitative estimate of drug-likeness (QED) is 0.686. The first kappa shape index (κ1) is 17.3. The molecular formula is C20H21F2N3. The van der Waals surface area contributed by atoms with Crippen molar-refractivity contribution in [1.82, 2.24) is 14.7 Å². The third-order valence-electron chi connectivity index (χ3n) is 4.31. The number of hydrogen-bond donors (Lipinski definition) is 0. The normalized spacial score (nSPS) is 11.3. The van der Waals surface area contributed by atoms with Gasteiger partial charge in [-0.15, -0.1) is 0 Å². The molecule has 130 valence electrons. The molecule has 0 fully saturated rings. The standard InChI is InChI=1S/C20H21F2N3/c1-14-18(15(2)25(23-14)17-7-5-4-6-8-17)13-24(3)12-16-9-10-19(21)20(22)11-16/h4-11H,12-13H2,1-3H3. The van der Waals surface area contributed by atoms with Gasteiger partial charge in [0.2, 0.25) is 0 Å². The van der Waals surface area contributed by atoms with Crippen LogP contribution in [0.15, 0.2) is 48.5 Å². The largest absolute Gasteiger partial charge is 0.298 e. The Balaban J connectivity index is 1.78. The average Bonchev–Trinajstić information content (AvgIpc) is 2.87. The molecule has 0 amide bonds. The maximum atomic E-state index is 13.4. The van der Waals surface area contributed by atoms with Gasteiger partial charge in [0.25, 0.3) is 0 Å². The number of nitrogens with zero attached hydrogens (tertiary/aromatic N) is 3. The van der Waals surface area contributed by atoms with Gasteiger partial charge in [0.15, 0.2) is 11.6 Å². The molecule has 0 unspecified atom stereocenters. The van der Waals surface area contributed by atoms with Crippen molar-refractivity contribution in [3.8, 4) is 5.69 Å². The van der Waals surface area contributed by atoms with E-state index in [0.29, 0.717) is 13.1 Å². The van der Waals surface area contributed by atoms with Crippen molar-refractivity contribution in [3.63, 3.8) is 0 Å². The van der Waals surface area contributed by atoms with Gasteiger partial charge in [0.05, 0.1) is 11.4 Å². The summed E-state index contributed by atoms with van der Waals surface area (Å²) in [6.07, 6.45) is 0. The number of benzene rings is 2. The predicted molar refractivity (Wildman–Crippen MR) is 94.6 cm³/mol. The molecule has 3 nitrogen and oxygen atoms in total. The Bertz CT molecular complexity index is 872. The molecule has 0 aliphatic rings. The topological polar surface area (TPSA) is 21.1 Å². The van der Waals surface area contributed by atoms with E-state index in [9.17, 15) is 8.78 Å². The molecule has 25 heavy (non-hydrogen) atoms. The fraction of sp³-hybridized carbons (Fsp3) is 0.250. The van der Waals surface area contributed by atoms with Gasteiger partial charge in [-0.2, -0.15) is 5.10 Å². The molecule has 0 N–H and O–H groups in total. The molecule has 0 aliphatic heterocycles. The lowest BCUT2D eigenvalue weighted by Gasteiger charge is -2.17. The molecule has 0 radical (unpaired) electrons. The minimum absolute atomic E-state index is 0.534. The van der Waals surface area contributed by atoms with Crippen LogP contribution >= 0.6 is 0 Å². The maximum absolute atomic E-state index is 13.4. The highest BCUT2D eigenvalue weighted by Crippen LogP contribution is 2.20. The summed E-state index contributed by atoms with van der Waals surface area (Å²) in [6.45, 7) is 5.26. The molecule has 0 spiro atoms. The third kappa shape index (κ3) is 3.77. The zero-order valence-electron chi connectivity index (χ0n) is 14.6. The third-order valence-corrected chi connectivity index (χ3v) is 4.31. The van der Waals surface area contributed by atoms with Crippen LogP contribution in [0.1, 0.15) is 22.5 Å². The second kappa shape index (κ2) is 7.15. The van der Waals surface area contributed by atoms with Crippen LogP contribution in [0.4, 0.5) is 8.78 Å². The molecule has 1 aromatic heterocycles. The SMILES string of the molecule is Cc1nn(-c2ccccc2)c(C)c1CN(C)Cc1ccc(F)c(F)c1.